The molecule has 1 aliphatic heterocycles. The zero-order valence-electron chi connectivity index (χ0n) is 27.8. The van der Waals surface area contributed by atoms with Gasteiger partial charge in [-0.25, -0.2) is 0 Å². The van der Waals surface area contributed by atoms with Crippen molar-refractivity contribution in [2.45, 2.75) is 25.0 Å². The molecule has 2 atom stereocenters. The Morgan fingerprint density at radius 2 is 1.71 bits per heavy atom. The monoisotopic (exact) mass is 712 g/mol. The SMILES string of the molecule is N#CCCn1cc(C#Cc2ccc(NC(=O)[C@H]3COCCN3C(=O)[C@@H](NC(=O)c3ccccc3)c3ccccc3)cc2)c(-c2cc(Cl)ccc2O)n1. The second-order valence-electron chi connectivity index (χ2n) is 11.8. The van der Waals surface area contributed by atoms with Gasteiger partial charge < -0.3 is 25.4 Å². The van der Waals surface area contributed by atoms with Gasteiger partial charge >= 0.3 is 0 Å². The summed E-state index contributed by atoms with van der Waals surface area (Å²) in [5.41, 5.74) is 3.50. The topological polar surface area (TPSA) is 150 Å². The van der Waals surface area contributed by atoms with Crippen molar-refractivity contribution in [1.29, 1.82) is 5.26 Å². The molecule has 12 heteroatoms. The Labute approximate surface area is 305 Å². The Bertz CT molecular complexity index is 2170. The van der Waals surface area contributed by atoms with Crippen molar-refractivity contribution in [2.75, 3.05) is 25.1 Å². The predicted molar refractivity (Wildman–Crippen MR) is 195 cm³/mol. The lowest BCUT2D eigenvalue weighted by Gasteiger charge is -2.37. The number of nitriles is 1. The lowest BCUT2D eigenvalue weighted by Crippen LogP contribution is -2.57. The first-order chi connectivity index (χ1) is 25.3. The molecule has 2 heterocycles. The number of phenols is 1. The average molecular weight is 713 g/mol. The van der Waals surface area contributed by atoms with E-state index < -0.39 is 29.8 Å². The molecule has 0 aliphatic carbocycles. The van der Waals surface area contributed by atoms with Crippen molar-refractivity contribution in [3.63, 3.8) is 0 Å². The number of hydrogen-bond donors (Lipinski definition) is 3. The number of amides is 3. The molecular weight excluding hydrogens is 680 g/mol. The molecule has 4 aromatic carbocycles. The van der Waals surface area contributed by atoms with Crippen LogP contribution in [0, 0.1) is 23.2 Å². The molecule has 0 unspecified atom stereocenters. The Kier molecular flexibility index (Phi) is 11.3. The highest BCUT2D eigenvalue weighted by Crippen LogP contribution is 2.33. The quantitative estimate of drug-likeness (QED) is 0.170. The molecule has 3 amide bonds. The minimum absolute atomic E-state index is 0.00534. The Balaban J connectivity index is 1.18. The number of aromatic nitrogens is 2. The van der Waals surface area contributed by atoms with E-state index in [1.54, 1.807) is 102 Å². The fourth-order valence-electron chi connectivity index (χ4n) is 5.68. The van der Waals surface area contributed by atoms with Gasteiger partial charge in [0.1, 0.15) is 23.5 Å². The van der Waals surface area contributed by atoms with Crippen LogP contribution in [0.1, 0.15) is 39.5 Å². The number of morpholine rings is 1. The molecule has 1 aromatic heterocycles. The van der Waals surface area contributed by atoms with E-state index in [9.17, 15) is 19.5 Å². The van der Waals surface area contributed by atoms with Crippen molar-refractivity contribution < 1.29 is 24.2 Å². The normalized spacial score (nSPS) is 14.3. The van der Waals surface area contributed by atoms with Crippen LogP contribution >= 0.6 is 11.6 Å². The van der Waals surface area contributed by atoms with Crippen LogP contribution in [0.5, 0.6) is 5.75 Å². The van der Waals surface area contributed by atoms with E-state index in [1.165, 1.54) is 11.0 Å². The predicted octanol–water partition coefficient (Wildman–Crippen LogP) is 5.56. The van der Waals surface area contributed by atoms with E-state index in [-0.39, 0.29) is 31.9 Å². The average Bonchev–Trinajstić information content (AvgIpc) is 3.59. The first-order valence-electron chi connectivity index (χ1n) is 16.5. The van der Waals surface area contributed by atoms with Gasteiger partial charge in [-0.05, 0) is 60.2 Å². The fourth-order valence-corrected chi connectivity index (χ4v) is 5.85. The lowest BCUT2D eigenvalue weighted by atomic mass is 10.0. The summed E-state index contributed by atoms with van der Waals surface area (Å²) in [5, 5.41) is 30.2. The van der Waals surface area contributed by atoms with Crippen LogP contribution in [0.25, 0.3) is 11.3 Å². The Hall–Kier alpha value is -6.40. The molecule has 0 saturated carbocycles. The summed E-state index contributed by atoms with van der Waals surface area (Å²) in [6, 6.07) is 29.2. The molecule has 0 spiro atoms. The second kappa shape index (κ2) is 16.5. The Morgan fingerprint density at radius 1 is 0.981 bits per heavy atom. The number of rotatable bonds is 9. The van der Waals surface area contributed by atoms with Crippen LogP contribution in [-0.4, -0.2) is 63.3 Å². The largest absolute Gasteiger partial charge is 0.507 e. The molecule has 0 radical (unpaired) electrons. The van der Waals surface area contributed by atoms with Crippen LogP contribution in [0.4, 0.5) is 5.69 Å². The number of ether oxygens (including phenoxy) is 1. The minimum atomic E-state index is -1.03. The van der Waals surface area contributed by atoms with E-state index in [0.717, 1.165) is 0 Å². The van der Waals surface area contributed by atoms with E-state index in [2.05, 4.69) is 33.6 Å². The van der Waals surface area contributed by atoms with Crippen LogP contribution < -0.4 is 10.6 Å². The maximum absolute atomic E-state index is 14.1. The number of aryl methyl sites for hydroxylation is 1. The first-order valence-corrected chi connectivity index (χ1v) is 16.8. The van der Waals surface area contributed by atoms with Crippen molar-refractivity contribution in [3.05, 3.63) is 137 Å². The van der Waals surface area contributed by atoms with E-state index >= 15 is 0 Å². The van der Waals surface area contributed by atoms with Gasteiger partial charge in [0.15, 0.2) is 0 Å². The molecule has 6 rings (SSSR count). The lowest BCUT2D eigenvalue weighted by molar-refractivity contribution is -0.148. The van der Waals surface area contributed by atoms with Gasteiger partial charge in [-0.2, -0.15) is 10.4 Å². The van der Waals surface area contributed by atoms with Gasteiger partial charge in [-0.1, -0.05) is 72.0 Å². The molecule has 1 saturated heterocycles. The highest BCUT2D eigenvalue weighted by Gasteiger charge is 2.37. The summed E-state index contributed by atoms with van der Waals surface area (Å²) in [6.45, 7) is 0.748. The molecule has 260 valence electrons. The maximum atomic E-state index is 14.1. The molecule has 1 aliphatic rings. The number of carbonyl (C=O) groups is 3. The highest BCUT2D eigenvalue weighted by atomic mass is 35.5. The van der Waals surface area contributed by atoms with E-state index in [4.69, 9.17) is 21.6 Å². The highest BCUT2D eigenvalue weighted by molar-refractivity contribution is 6.31. The number of nitrogens with zero attached hydrogens (tertiary/aromatic N) is 4. The van der Waals surface area contributed by atoms with Crippen LogP contribution in [0.2, 0.25) is 5.02 Å². The molecule has 0 bridgehead atoms. The van der Waals surface area contributed by atoms with Crippen molar-refractivity contribution in [1.82, 2.24) is 20.0 Å². The van der Waals surface area contributed by atoms with Crippen LogP contribution in [0.15, 0.2) is 109 Å². The standard InChI is InChI=1S/C40H33ClN6O5/c41-31-16-19-35(48)33(24-31)36-30(25-46(45-36)21-7-20-42)15-12-27-13-17-32(18-14-27)43-39(50)34-26-52-23-22-47(34)40(51)37(28-8-3-1-4-9-28)44-38(49)29-10-5-2-6-11-29/h1-6,8-11,13-14,16-19,24-25,34,37,48H,7,21-23,26H2,(H,43,50)(H,44,49)/t34-,37+/m1/s1. The molecule has 3 N–H and O–H groups in total. The van der Waals surface area contributed by atoms with Gasteiger partial charge in [0.05, 0.1) is 37.8 Å². The second-order valence-corrected chi connectivity index (χ2v) is 12.3. The third-order valence-electron chi connectivity index (χ3n) is 8.33. The van der Waals surface area contributed by atoms with Gasteiger partial charge in [-0.15, -0.1) is 0 Å². The minimum Gasteiger partial charge on any atom is -0.507 e. The van der Waals surface area contributed by atoms with Gasteiger partial charge in [0.2, 0.25) is 5.91 Å². The third kappa shape index (κ3) is 8.48. The zero-order valence-corrected chi connectivity index (χ0v) is 28.6. The number of benzene rings is 4. The molecular formula is C40H33ClN6O5. The third-order valence-corrected chi connectivity index (χ3v) is 8.56. The van der Waals surface area contributed by atoms with Crippen LogP contribution in [-0.2, 0) is 20.9 Å². The Morgan fingerprint density at radius 3 is 2.44 bits per heavy atom. The number of aromatic hydroxyl groups is 1. The zero-order chi connectivity index (χ0) is 36.5. The van der Waals surface area contributed by atoms with Crippen molar-refractivity contribution >= 4 is 35.0 Å². The number of hydrogen-bond acceptors (Lipinski definition) is 7. The van der Waals surface area contributed by atoms with Gasteiger partial charge in [0.25, 0.3) is 11.8 Å². The number of carbonyl (C=O) groups excluding carboxylic acids is 3. The smallest absolute Gasteiger partial charge is 0.252 e. The molecule has 1 fully saturated rings. The summed E-state index contributed by atoms with van der Waals surface area (Å²) in [5.74, 6) is 4.91. The van der Waals surface area contributed by atoms with Gasteiger partial charge in [0, 0.05) is 40.1 Å². The molecule has 5 aromatic rings. The summed E-state index contributed by atoms with van der Waals surface area (Å²) in [4.78, 5) is 42.3. The number of anilines is 1. The summed E-state index contributed by atoms with van der Waals surface area (Å²) in [7, 11) is 0. The summed E-state index contributed by atoms with van der Waals surface area (Å²) < 4.78 is 7.22. The van der Waals surface area contributed by atoms with Gasteiger partial charge in [-0.3, -0.25) is 19.1 Å². The van der Waals surface area contributed by atoms with E-state index in [0.29, 0.717) is 50.8 Å². The van der Waals surface area contributed by atoms with Crippen LogP contribution in [0.3, 0.4) is 0 Å². The summed E-state index contributed by atoms with van der Waals surface area (Å²) >= 11 is 6.19. The first kappa shape index (κ1) is 35.4. The number of halogens is 1. The van der Waals surface area contributed by atoms with Crippen molar-refractivity contribution in [2.24, 2.45) is 0 Å². The molecule has 11 nitrogen and oxygen atoms in total. The fraction of sp³-hybridized carbons (Fsp3) is 0.175. The van der Waals surface area contributed by atoms with Crippen molar-refractivity contribution in [3.8, 4) is 34.9 Å². The maximum Gasteiger partial charge on any atom is 0.252 e. The molecule has 52 heavy (non-hydrogen) atoms. The van der Waals surface area contributed by atoms with E-state index in [1.807, 2.05) is 6.07 Å². The summed E-state index contributed by atoms with van der Waals surface area (Å²) in [6.07, 6.45) is 1.96. The number of nitrogens with one attached hydrogen (secondary N) is 2. The number of phenolic OH excluding ortho intramolecular Hbond substituents is 1.